The summed E-state index contributed by atoms with van der Waals surface area (Å²) >= 11 is 0. The zero-order chi connectivity index (χ0) is 8.39. The molecule has 1 aromatic carbocycles. The Bertz CT molecular complexity index is 268. The quantitative estimate of drug-likeness (QED) is 0.716. The minimum Gasteiger partial charge on any atom is -0.508 e. The van der Waals surface area contributed by atoms with Crippen molar-refractivity contribution in [1.29, 1.82) is 0 Å². The summed E-state index contributed by atoms with van der Waals surface area (Å²) in [6.07, 6.45) is 0.159. The Morgan fingerprint density at radius 1 is 1.42 bits per heavy atom. The molecule has 12 heavy (non-hydrogen) atoms. The minimum absolute atomic E-state index is 0.159. The van der Waals surface area contributed by atoms with E-state index in [1.165, 1.54) is 0 Å². The molecule has 0 amide bonds. The minimum atomic E-state index is 0.159. The van der Waals surface area contributed by atoms with E-state index in [2.05, 4.69) is 0 Å². The Morgan fingerprint density at radius 3 is 2.83 bits per heavy atom. The molecule has 1 aliphatic rings. The summed E-state index contributed by atoms with van der Waals surface area (Å²) in [5.74, 6) is 0.927. The second kappa shape index (κ2) is 3.03. The fourth-order valence-corrected chi connectivity index (χ4v) is 1.03. The molecule has 1 aromatic rings. The summed E-state index contributed by atoms with van der Waals surface area (Å²) in [6, 6.07) is 6.78. The molecule has 1 aliphatic heterocycles. The van der Waals surface area contributed by atoms with Gasteiger partial charge < -0.3 is 14.6 Å². The molecule has 1 heterocycles. The van der Waals surface area contributed by atoms with E-state index in [0.717, 1.165) is 0 Å². The maximum Gasteiger partial charge on any atom is 0.145 e. The Balaban J connectivity index is 2.02. The Labute approximate surface area is 70.5 Å². The highest BCUT2D eigenvalue weighted by atomic mass is 16.6. The summed E-state index contributed by atoms with van der Waals surface area (Å²) in [6.45, 7) is 1.30. The number of benzene rings is 1. The number of aromatic hydroxyl groups is 1. The summed E-state index contributed by atoms with van der Waals surface area (Å²) in [5.41, 5.74) is 0. The molecule has 0 saturated carbocycles. The second-order valence-corrected chi connectivity index (χ2v) is 2.77. The van der Waals surface area contributed by atoms with E-state index in [0.29, 0.717) is 19.0 Å². The van der Waals surface area contributed by atoms with Gasteiger partial charge in [-0.25, -0.2) is 0 Å². The average molecular weight is 166 g/mol. The topological polar surface area (TPSA) is 38.7 Å². The van der Waals surface area contributed by atoms with Crippen LogP contribution < -0.4 is 4.74 Å². The fourth-order valence-electron chi connectivity index (χ4n) is 1.03. The fraction of sp³-hybridized carbons (Fsp3) is 0.333. The van der Waals surface area contributed by atoms with Crippen molar-refractivity contribution < 1.29 is 14.6 Å². The van der Waals surface area contributed by atoms with Crippen molar-refractivity contribution in [3.8, 4) is 11.5 Å². The van der Waals surface area contributed by atoms with Crippen LogP contribution in [0.3, 0.4) is 0 Å². The van der Waals surface area contributed by atoms with Gasteiger partial charge in [-0.15, -0.1) is 0 Å². The van der Waals surface area contributed by atoms with Gasteiger partial charge in [0.15, 0.2) is 0 Å². The highest BCUT2D eigenvalue weighted by Gasteiger charge is 2.19. The Kier molecular flexibility index (Phi) is 1.87. The van der Waals surface area contributed by atoms with Gasteiger partial charge in [-0.1, -0.05) is 6.07 Å². The van der Waals surface area contributed by atoms with Crippen LogP contribution in [0, 0.1) is 0 Å². The summed E-state index contributed by atoms with van der Waals surface area (Å²) in [4.78, 5) is 0. The predicted octanol–water partition coefficient (Wildman–Crippen LogP) is 1.17. The monoisotopic (exact) mass is 166 g/mol. The molecule has 0 atom stereocenters. The lowest BCUT2D eigenvalue weighted by Gasteiger charge is -2.26. The van der Waals surface area contributed by atoms with Crippen molar-refractivity contribution in [1.82, 2.24) is 0 Å². The van der Waals surface area contributed by atoms with Crippen LogP contribution in [-0.4, -0.2) is 24.4 Å². The molecule has 0 radical (unpaired) electrons. The van der Waals surface area contributed by atoms with Crippen LogP contribution in [0.2, 0.25) is 0 Å². The predicted molar refractivity (Wildman–Crippen MR) is 43.3 cm³/mol. The van der Waals surface area contributed by atoms with Gasteiger partial charge in [0.25, 0.3) is 0 Å². The van der Waals surface area contributed by atoms with Crippen molar-refractivity contribution in [2.24, 2.45) is 0 Å². The van der Waals surface area contributed by atoms with Crippen molar-refractivity contribution in [3.63, 3.8) is 0 Å². The molecule has 3 nitrogen and oxygen atoms in total. The van der Waals surface area contributed by atoms with Crippen LogP contribution in [0.4, 0.5) is 0 Å². The third-order valence-electron chi connectivity index (χ3n) is 1.73. The molecular weight excluding hydrogens is 156 g/mol. The number of ether oxygens (including phenoxy) is 2. The van der Waals surface area contributed by atoms with Crippen molar-refractivity contribution in [2.75, 3.05) is 13.2 Å². The lowest BCUT2D eigenvalue weighted by molar-refractivity contribution is -0.0797. The van der Waals surface area contributed by atoms with Gasteiger partial charge in [0.1, 0.15) is 17.6 Å². The van der Waals surface area contributed by atoms with Crippen LogP contribution in [0.1, 0.15) is 0 Å². The van der Waals surface area contributed by atoms with E-state index in [1.807, 2.05) is 6.07 Å². The van der Waals surface area contributed by atoms with E-state index in [1.54, 1.807) is 18.2 Å². The SMILES string of the molecule is Oc1cccc(OC2COC2)c1. The van der Waals surface area contributed by atoms with Gasteiger partial charge in [-0.2, -0.15) is 0 Å². The van der Waals surface area contributed by atoms with E-state index >= 15 is 0 Å². The summed E-state index contributed by atoms with van der Waals surface area (Å²) in [7, 11) is 0. The summed E-state index contributed by atoms with van der Waals surface area (Å²) < 4.78 is 10.4. The van der Waals surface area contributed by atoms with Crippen molar-refractivity contribution in [2.45, 2.75) is 6.10 Å². The van der Waals surface area contributed by atoms with Crippen molar-refractivity contribution in [3.05, 3.63) is 24.3 Å². The van der Waals surface area contributed by atoms with Gasteiger partial charge in [-0.3, -0.25) is 0 Å². The normalized spacial score (nSPS) is 17.0. The zero-order valence-electron chi connectivity index (χ0n) is 6.56. The third-order valence-corrected chi connectivity index (χ3v) is 1.73. The van der Waals surface area contributed by atoms with Crippen LogP contribution in [0.5, 0.6) is 11.5 Å². The molecule has 0 spiro atoms. The number of phenolic OH excluding ortho intramolecular Hbond substituents is 1. The number of phenols is 1. The first-order chi connectivity index (χ1) is 5.84. The standard InChI is InChI=1S/C9H10O3/c10-7-2-1-3-8(4-7)12-9-5-11-6-9/h1-4,9-10H,5-6H2. The van der Waals surface area contributed by atoms with E-state index in [4.69, 9.17) is 14.6 Å². The van der Waals surface area contributed by atoms with E-state index in [-0.39, 0.29) is 11.9 Å². The zero-order valence-corrected chi connectivity index (χ0v) is 6.56. The van der Waals surface area contributed by atoms with Gasteiger partial charge >= 0.3 is 0 Å². The molecule has 0 aliphatic carbocycles. The van der Waals surface area contributed by atoms with Crippen LogP contribution in [0.15, 0.2) is 24.3 Å². The lowest BCUT2D eigenvalue weighted by atomic mass is 10.3. The molecule has 1 N–H and O–H groups in total. The smallest absolute Gasteiger partial charge is 0.145 e. The average Bonchev–Trinajstić information content (AvgIpc) is 1.97. The second-order valence-electron chi connectivity index (χ2n) is 2.77. The van der Waals surface area contributed by atoms with Crippen LogP contribution in [0.25, 0.3) is 0 Å². The van der Waals surface area contributed by atoms with E-state index in [9.17, 15) is 0 Å². The molecule has 0 unspecified atom stereocenters. The summed E-state index contributed by atoms with van der Waals surface area (Å²) in [5, 5.41) is 9.11. The Hall–Kier alpha value is -1.22. The third kappa shape index (κ3) is 1.51. The Morgan fingerprint density at radius 2 is 2.25 bits per heavy atom. The maximum absolute atomic E-state index is 9.11. The first-order valence-corrected chi connectivity index (χ1v) is 3.88. The molecule has 2 rings (SSSR count). The molecule has 0 bridgehead atoms. The highest BCUT2D eigenvalue weighted by Crippen LogP contribution is 2.20. The van der Waals surface area contributed by atoms with Gasteiger partial charge in [0.2, 0.25) is 0 Å². The number of hydrogen-bond donors (Lipinski definition) is 1. The van der Waals surface area contributed by atoms with Gasteiger partial charge in [-0.05, 0) is 12.1 Å². The first-order valence-electron chi connectivity index (χ1n) is 3.88. The molecular formula is C9H10O3. The first kappa shape index (κ1) is 7.43. The van der Waals surface area contributed by atoms with Crippen molar-refractivity contribution >= 4 is 0 Å². The lowest BCUT2D eigenvalue weighted by Crippen LogP contribution is -2.38. The van der Waals surface area contributed by atoms with Gasteiger partial charge in [0, 0.05) is 6.07 Å². The van der Waals surface area contributed by atoms with E-state index < -0.39 is 0 Å². The molecule has 64 valence electrons. The number of hydrogen-bond acceptors (Lipinski definition) is 3. The number of rotatable bonds is 2. The highest BCUT2D eigenvalue weighted by molar-refractivity contribution is 5.31. The molecule has 1 saturated heterocycles. The van der Waals surface area contributed by atoms with Gasteiger partial charge in [0.05, 0.1) is 13.2 Å². The molecule has 0 aromatic heterocycles. The molecule has 1 fully saturated rings. The maximum atomic E-state index is 9.11. The van der Waals surface area contributed by atoms with Crippen LogP contribution in [-0.2, 0) is 4.74 Å². The van der Waals surface area contributed by atoms with Crippen LogP contribution >= 0.6 is 0 Å². The molecule has 3 heteroatoms. The largest absolute Gasteiger partial charge is 0.508 e.